The van der Waals surface area contributed by atoms with Crippen molar-refractivity contribution in [2.45, 2.75) is 143 Å². The van der Waals surface area contributed by atoms with Crippen LogP contribution < -0.4 is 14.2 Å². The third-order valence-corrected chi connectivity index (χ3v) is 13.1. The first-order chi connectivity index (χ1) is 29.0. The average Bonchev–Trinajstić information content (AvgIpc) is 3.89. The zero-order valence-electron chi connectivity index (χ0n) is 36.8. The van der Waals surface area contributed by atoms with E-state index >= 15 is 4.39 Å². The van der Waals surface area contributed by atoms with E-state index in [9.17, 15) is 15.5 Å². The number of unbranched alkanes of at least 4 members (excludes halogenated alkanes) is 1. The number of ether oxygens (including phenoxy) is 3. The summed E-state index contributed by atoms with van der Waals surface area (Å²) in [5.41, 5.74) is 8.61. The van der Waals surface area contributed by atoms with Gasteiger partial charge in [0.1, 0.15) is 35.8 Å². The topological polar surface area (TPSA) is 91.9 Å². The molecule has 0 spiro atoms. The highest BCUT2D eigenvalue weighted by Crippen LogP contribution is 2.44. The van der Waals surface area contributed by atoms with E-state index in [1.807, 2.05) is 30.4 Å². The van der Waals surface area contributed by atoms with E-state index in [0.717, 1.165) is 158 Å². The molecule has 4 atom stereocenters. The Morgan fingerprint density at radius 3 is 2.60 bits per heavy atom. The van der Waals surface area contributed by atoms with Gasteiger partial charge in [0, 0.05) is 23.8 Å². The molecule has 3 aromatic carbocycles. The number of benzene rings is 3. The fourth-order valence-corrected chi connectivity index (χ4v) is 9.37. The number of hydrogen-bond donors (Lipinski definition) is 2. The summed E-state index contributed by atoms with van der Waals surface area (Å²) in [7, 11) is 0. The van der Waals surface area contributed by atoms with Crippen LogP contribution in [0, 0.1) is 41.3 Å². The minimum absolute atomic E-state index is 0.111. The Morgan fingerprint density at radius 1 is 0.983 bits per heavy atom. The molecule has 6 rings (SSSR count). The normalized spacial score (nSPS) is 21.9. The van der Waals surface area contributed by atoms with E-state index in [1.54, 1.807) is 12.1 Å². The fourth-order valence-electron chi connectivity index (χ4n) is 9.37. The summed E-state index contributed by atoms with van der Waals surface area (Å²) in [6, 6.07) is 16.0. The average molecular weight is 818 g/mol. The highest BCUT2D eigenvalue weighted by molar-refractivity contribution is 5.75. The molecule has 0 saturated heterocycles. The number of rotatable bonds is 19. The second-order valence-corrected chi connectivity index (χ2v) is 18.4. The molecule has 4 unspecified atom stereocenters. The summed E-state index contributed by atoms with van der Waals surface area (Å²) < 4.78 is 35.6. The van der Waals surface area contributed by atoms with Gasteiger partial charge in [-0.2, -0.15) is 5.26 Å². The van der Waals surface area contributed by atoms with E-state index in [1.165, 1.54) is 0 Å². The molecule has 322 valence electrons. The number of halogens is 1. The first kappa shape index (κ1) is 45.2. The van der Waals surface area contributed by atoms with Gasteiger partial charge in [0.2, 0.25) is 0 Å². The molecule has 60 heavy (non-hydrogen) atoms. The molecule has 3 aliphatic rings. The Labute approximate surface area is 359 Å². The third kappa shape index (κ3) is 11.9. The maximum Gasteiger partial charge on any atom is 0.126 e. The summed E-state index contributed by atoms with van der Waals surface area (Å²) in [4.78, 5) is 0. The van der Waals surface area contributed by atoms with Crippen LogP contribution in [0.4, 0.5) is 4.39 Å². The summed E-state index contributed by atoms with van der Waals surface area (Å²) in [6.45, 7) is 11.8. The molecule has 0 amide bonds. The Hall–Kier alpha value is -4.38. The van der Waals surface area contributed by atoms with Crippen LogP contribution in [0.15, 0.2) is 77.9 Å². The third-order valence-electron chi connectivity index (χ3n) is 13.1. The second kappa shape index (κ2) is 21.4. The number of nitrogens with zero attached hydrogens (tertiary/aromatic N) is 1. The van der Waals surface area contributed by atoms with Crippen molar-refractivity contribution in [1.29, 1.82) is 5.26 Å². The van der Waals surface area contributed by atoms with Gasteiger partial charge in [0.15, 0.2) is 0 Å². The Bertz CT molecular complexity index is 2060. The van der Waals surface area contributed by atoms with Gasteiger partial charge in [-0.05, 0) is 183 Å². The standard InChI is InChI=1S/C53H68FNO5/c1-6-44-45(19-13-20-49(44)58-26-14-15-36(2)40-21-22-43(57)29-40)47-30-42(54)31-48-46(47)23-24-50(48)60-51-32-52(41(27-37(51)3)18-11-12-25-53(4,5)35-56)59-34-39-17-10-8-7-9-16-38(28-39)33-55/h10,13,16-17,19-20,27-28,30-32,36,40,43,50,56-57H,6-9,11-12,14-15,18,21-26,29,34-35H2,1-5H3/b17-10-,38-16+,39-28+. The van der Waals surface area contributed by atoms with E-state index in [4.69, 9.17) is 14.2 Å². The van der Waals surface area contributed by atoms with Crippen molar-refractivity contribution in [2.75, 3.05) is 19.8 Å². The quantitative estimate of drug-likeness (QED) is 0.117. The van der Waals surface area contributed by atoms with Crippen LogP contribution in [0.3, 0.4) is 0 Å². The lowest BCUT2D eigenvalue weighted by molar-refractivity contribution is 0.147. The monoisotopic (exact) mass is 818 g/mol. The fraction of sp³-hybridized carbons (Fsp3) is 0.528. The maximum absolute atomic E-state index is 15.7. The first-order valence-electron chi connectivity index (χ1n) is 22.7. The molecule has 3 aromatic rings. The summed E-state index contributed by atoms with van der Waals surface area (Å²) >= 11 is 0. The van der Waals surface area contributed by atoms with E-state index in [-0.39, 0.29) is 30.0 Å². The van der Waals surface area contributed by atoms with Crippen molar-refractivity contribution in [3.05, 3.63) is 112 Å². The second-order valence-electron chi connectivity index (χ2n) is 18.4. The Kier molecular flexibility index (Phi) is 16.1. The van der Waals surface area contributed by atoms with Gasteiger partial charge < -0.3 is 24.4 Å². The van der Waals surface area contributed by atoms with Gasteiger partial charge in [-0.3, -0.25) is 0 Å². The molecule has 1 fully saturated rings. The van der Waals surface area contributed by atoms with Gasteiger partial charge in [0.05, 0.1) is 18.8 Å². The molecule has 0 aromatic heterocycles. The van der Waals surface area contributed by atoms with Gasteiger partial charge in [-0.25, -0.2) is 4.39 Å². The van der Waals surface area contributed by atoms with Crippen LogP contribution in [0.1, 0.15) is 139 Å². The molecular weight excluding hydrogens is 750 g/mol. The van der Waals surface area contributed by atoms with Crippen LogP contribution in [0.5, 0.6) is 17.2 Å². The molecular formula is C53H68FNO5. The molecule has 0 heterocycles. The van der Waals surface area contributed by atoms with Gasteiger partial charge in [0.25, 0.3) is 0 Å². The van der Waals surface area contributed by atoms with Crippen molar-refractivity contribution in [3.8, 4) is 34.4 Å². The van der Waals surface area contributed by atoms with Crippen LogP contribution >= 0.6 is 0 Å². The minimum Gasteiger partial charge on any atom is -0.493 e. The number of allylic oxidation sites excluding steroid dienone is 4. The van der Waals surface area contributed by atoms with Crippen LogP contribution in [0.25, 0.3) is 11.1 Å². The van der Waals surface area contributed by atoms with Crippen molar-refractivity contribution in [2.24, 2.45) is 17.3 Å². The number of hydrogen-bond acceptors (Lipinski definition) is 6. The molecule has 7 heteroatoms. The molecule has 0 aliphatic heterocycles. The van der Waals surface area contributed by atoms with Crippen molar-refractivity contribution >= 4 is 0 Å². The van der Waals surface area contributed by atoms with E-state index in [2.05, 4.69) is 65.0 Å². The number of aryl methyl sites for hydroxylation is 2. The SMILES string of the molecule is CCc1c(OCCCC(C)C2CCC(O)C2)cccc1-c1cc(F)cc2c1CCC2Oc1cc(OCC2=C/C(C#N)=C\CCC/C=C\2)c(CCCCC(C)(C)CO)cc1C. The van der Waals surface area contributed by atoms with Gasteiger partial charge in [-0.1, -0.05) is 64.5 Å². The largest absolute Gasteiger partial charge is 0.493 e. The zero-order chi connectivity index (χ0) is 42.6. The van der Waals surface area contributed by atoms with E-state index < -0.39 is 0 Å². The van der Waals surface area contributed by atoms with Gasteiger partial charge in [-0.15, -0.1) is 0 Å². The lowest BCUT2D eigenvalue weighted by Crippen LogP contribution is -2.16. The van der Waals surface area contributed by atoms with Crippen molar-refractivity contribution in [1.82, 2.24) is 0 Å². The maximum atomic E-state index is 15.7. The molecule has 2 N–H and O–H groups in total. The summed E-state index contributed by atoms with van der Waals surface area (Å²) in [6.07, 6.45) is 21.5. The Morgan fingerprint density at radius 2 is 1.83 bits per heavy atom. The number of nitriles is 1. The zero-order valence-corrected chi connectivity index (χ0v) is 36.8. The summed E-state index contributed by atoms with van der Waals surface area (Å²) in [5.74, 6) is 3.23. The lowest BCUT2D eigenvalue weighted by Gasteiger charge is -2.22. The predicted molar refractivity (Wildman–Crippen MR) is 240 cm³/mol. The number of fused-ring (bicyclic) bond motifs is 1. The molecule has 1 saturated carbocycles. The van der Waals surface area contributed by atoms with Crippen molar-refractivity contribution < 1.29 is 28.8 Å². The van der Waals surface area contributed by atoms with Crippen molar-refractivity contribution in [3.63, 3.8) is 0 Å². The van der Waals surface area contributed by atoms with Crippen LogP contribution in [0.2, 0.25) is 0 Å². The highest BCUT2D eigenvalue weighted by Gasteiger charge is 2.30. The van der Waals surface area contributed by atoms with E-state index in [0.29, 0.717) is 30.6 Å². The smallest absolute Gasteiger partial charge is 0.126 e. The lowest BCUT2D eigenvalue weighted by atomic mass is 9.87. The van der Waals surface area contributed by atoms with Gasteiger partial charge >= 0.3 is 0 Å². The first-order valence-corrected chi connectivity index (χ1v) is 22.7. The molecule has 0 bridgehead atoms. The number of aliphatic hydroxyl groups is 2. The minimum atomic E-state index is -0.316. The van der Waals surface area contributed by atoms with Crippen LogP contribution in [-0.2, 0) is 19.3 Å². The highest BCUT2D eigenvalue weighted by atomic mass is 19.1. The molecule has 3 aliphatic carbocycles. The molecule has 0 radical (unpaired) electrons. The predicted octanol–water partition coefficient (Wildman–Crippen LogP) is 12.6. The summed E-state index contributed by atoms with van der Waals surface area (Å²) in [5, 5.41) is 29.5. The number of aliphatic hydroxyl groups excluding tert-OH is 2. The Balaban J connectivity index is 1.21. The molecule has 6 nitrogen and oxygen atoms in total. The van der Waals surface area contributed by atoms with Crippen LogP contribution in [-0.4, -0.2) is 36.1 Å².